The summed E-state index contributed by atoms with van der Waals surface area (Å²) in [5, 5.41) is 4.48. The molecule has 0 bridgehead atoms. The number of Topliss-reactive ketones (excluding diaryl/α,β-unsaturated/α-hetero) is 1. The number of nitrogens with zero attached hydrogens (tertiary/aromatic N) is 2. The van der Waals surface area contributed by atoms with Gasteiger partial charge >= 0.3 is 5.97 Å². The molecule has 1 saturated heterocycles. The number of benzene rings is 1. The van der Waals surface area contributed by atoms with Crippen LogP contribution in [-0.2, 0) is 23.8 Å². The van der Waals surface area contributed by atoms with Gasteiger partial charge in [0.25, 0.3) is 0 Å². The van der Waals surface area contributed by atoms with Crippen LogP contribution >= 0.6 is 0 Å². The Morgan fingerprint density at radius 2 is 1.83 bits per heavy atom. The van der Waals surface area contributed by atoms with Crippen LogP contribution < -0.4 is 5.43 Å². The number of ketones is 1. The first kappa shape index (κ1) is 23.4. The summed E-state index contributed by atoms with van der Waals surface area (Å²) in [4.78, 5) is 26.9. The fraction of sp³-hybridized carbons (Fsp3) is 0.500. The van der Waals surface area contributed by atoms with Crippen LogP contribution in [0.3, 0.4) is 0 Å². The summed E-state index contributed by atoms with van der Waals surface area (Å²) in [6, 6.07) is 6.38. The van der Waals surface area contributed by atoms with Crippen LogP contribution in [-0.4, -0.2) is 62.0 Å². The maximum Gasteiger partial charge on any atom is 0.341 e. The first-order valence-corrected chi connectivity index (χ1v) is 9.89. The second kappa shape index (κ2) is 10.8. The Kier molecular flexibility index (Phi) is 8.41. The summed E-state index contributed by atoms with van der Waals surface area (Å²) in [6.07, 6.45) is 1.52. The highest BCUT2D eigenvalue weighted by Gasteiger charge is 2.26. The van der Waals surface area contributed by atoms with Gasteiger partial charge in [-0.05, 0) is 38.8 Å². The first-order chi connectivity index (χ1) is 14.3. The Labute approximate surface area is 177 Å². The van der Waals surface area contributed by atoms with Gasteiger partial charge in [0.1, 0.15) is 17.5 Å². The van der Waals surface area contributed by atoms with Gasteiger partial charge in [-0.3, -0.25) is 10.2 Å². The number of morpholine rings is 1. The van der Waals surface area contributed by atoms with Crippen molar-refractivity contribution < 1.29 is 23.8 Å². The lowest BCUT2D eigenvalue weighted by molar-refractivity contribution is -0.133. The monoisotopic (exact) mass is 417 g/mol. The van der Waals surface area contributed by atoms with E-state index in [-0.39, 0.29) is 23.6 Å². The van der Waals surface area contributed by atoms with Crippen LogP contribution in [0.25, 0.3) is 5.57 Å². The molecule has 0 aliphatic carbocycles. The van der Waals surface area contributed by atoms with Crippen molar-refractivity contribution in [3.05, 3.63) is 41.7 Å². The summed E-state index contributed by atoms with van der Waals surface area (Å²) in [5.74, 6) is 0.0771. The van der Waals surface area contributed by atoms with E-state index in [0.717, 1.165) is 18.9 Å². The molecule has 2 rings (SSSR count). The molecule has 1 fully saturated rings. The SMILES string of the molecule is COC=C(C(=O)OC)c1ccccc1C(NN=C(C)N1CC(C)OC(C)C1)C(C)=O. The molecule has 1 aliphatic heterocycles. The largest absolute Gasteiger partial charge is 0.503 e. The smallest absolute Gasteiger partial charge is 0.341 e. The van der Waals surface area contributed by atoms with Crippen molar-refractivity contribution >= 4 is 23.2 Å². The molecule has 0 aromatic heterocycles. The lowest BCUT2D eigenvalue weighted by Crippen LogP contribution is -2.48. The standard InChI is InChI=1S/C22H31N3O5/c1-14-11-25(12-15(2)30-14)17(4)23-24-21(16(3)26)19-10-8-7-9-18(19)20(13-28-5)22(27)29-6/h7-10,13-15,21,24H,11-12H2,1-6H3. The number of esters is 1. The molecule has 1 aromatic rings. The van der Waals surface area contributed by atoms with Crippen molar-refractivity contribution in [3.63, 3.8) is 0 Å². The number of hydrogen-bond donors (Lipinski definition) is 1. The highest BCUT2D eigenvalue weighted by atomic mass is 16.5. The Balaban J connectivity index is 2.34. The van der Waals surface area contributed by atoms with Gasteiger partial charge in [-0.15, -0.1) is 0 Å². The van der Waals surface area contributed by atoms with E-state index in [9.17, 15) is 9.59 Å². The number of rotatable bonds is 7. The molecule has 1 aliphatic rings. The van der Waals surface area contributed by atoms with Crippen LogP contribution in [0.1, 0.15) is 44.9 Å². The fourth-order valence-electron chi connectivity index (χ4n) is 3.49. The first-order valence-electron chi connectivity index (χ1n) is 9.89. The molecule has 0 amide bonds. The highest BCUT2D eigenvalue weighted by molar-refractivity contribution is 6.16. The molecule has 8 heteroatoms. The van der Waals surface area contributed by atoms with Crippen LogP contribution in [0.2, 0.25) is 0 Å². The number of carbonyl (C=O) groups is 2. The third kappa shape index (κ3) is 5.82. The zero-order valence-electron chi connectivity index (χ0n) is 18.5. The number of ether oxygens (including phenoxy) is 3. The number of hydrogen-bond acceptors (Lipinski definition) is 7. The minimum Gasteiger partial charge on any atom is -0.503 e. The highest BCUT2D eigenvalue weighted by Crippen LogP contribution is 2.27. The van der Waals surface area contributed by atoms with E-state index >= 15 is 0 Å². The molecule has 3 atom stereocenters. The van der Waals surface area contributed by atoms with Crippen molar-refractivity contribution in [2.45, 2.75) is 45.9 Å². The van der Waals surface area contributed by atoms with E-state index < -0.39 is 12.0 Å². The predicted molar refractivity (Wildman–Crippen MR) is 115 cm³/mol. The topological polar surface area (TPSA) is 89.5 Å². The summed E-state index contributed by atoms with van der Waals surface area (Å²) in [6.45, 7) is 8.88. The molecule has 164 valence electrons. The Hall–Kier alpha value is -2.87. The van der Waals surface area contributed by atoms with Crippen LogP contribution in [0.4, 0.5) is 0 Å². The minimum absolute atomic E-state index is 0.102. The van der Waals surface area contributed by atoms with Gasteiger partial charge in [-0.1, -0.05) is 24.3 Å². The molecule has 0 spiro atoms. The maximum atomic E-state index is 12.5. The third-order valence-electron chi connectivity index (χ3n) is 4.84. The number of hydrazone groups is 1. The molecule has 8 nitrogen and oxygen atoms in total. The summed E-state index contributed by atoms with van der Waals surface area (Å²) >= 11 is 0. The number of methoxy groups -OCH3 is 2. The van der Waals surface area contributed by atoms with E-state index in [1.54, 1.807) is 24.3 Å². The third-order valence-corrected chi connectivity index (χ3v) is 4.84. The molecule has 3 unspecified atom stereocenters. The Morgan fingerprint density at radius 3 is 2.40 bits per heavy atom. The average molecular weight is 418 g/mol. The van der Waals surface area contributed by atoms with Crippen molar-refractivity contribution in [2.24, 2.45) is 5.10 Å². The number of carbonyl (C=O) groups excluding carboxylic acids is 2. The maximum absolute atomic E-state index is 12.5. The number of nitrogens with one attached hydrogen (secondary N) is 1. The summed E-state index contributed by atoms with van der Waals surface area (Å²) in [5.41, 5.74) is 4.37. The molecular weight excluding hydrogens is 386 g/mol. The van der Waals surface area contributed by atoms with E-state index in [1.165, 1.54) is 27.4 Å². The molecule has 1 aromatic carbocycles. The van der Waals surface area contributed by atoms with Crippen LogP contribution in [0.15, 0.2) is 35.6 Å². The van der Waals surface area contributed by atoms with Crippen molar-refractivity contribution in [2.75, 3.05) is 27.3 Å². The lowest BCUT2D eigenvalue weighted by atomic mass is 9.94. The Bertz CT molecular complexity index is 811. The van der Waals surface area contributed by atoms with Gasteiger partial charge in [0.15, 0.2) is 5.78 Å². The zero-order chi connectivity index (χ0) is 22.3. The quantitative estimate of drug-likeness (QED) is 0.182. The molecule has 0 radical (unpaired) electrons. The second-order valence-corrected chi connectivity index (χ2v) is 7.34. The average Bonchev–Trinajstić information content (AvgIpc) is 2.71. The second-order valence-electron chi connectivity index (χ2n) is 7.34. The summed E-state index contributed by atoms with van der Waals surface area (Å²) < 4.78 is 15.7. The molecule has 1 heterocycles. The molecular formula is C22H31N3O5. The molecule has 0 saturated carbocycles. The van der Waals surface area contributed by atoms with Crippen LogP contribution in [0, 0.1) is 0 Å². The number of amidine groups is 1. The molecule has 30 heavy (non-hydrogen) atoms. The molecule has 1 N–H and O–H groups in total. The van der Waals surface area contributed by atoms with Crippen molar-refractivity contribution in [1.29, 1.82) is 0 Å². The van der Waals surface area contributed by atoms with E-state index in [2.05, 4.69) is 15.4 Å². The van der Waals surface area contributed by atoms with E-state index in [0.29, 0.717) is 11.1 Å². The summed E-state index contributed by atoms with van der Waals surface area (Å²) in [7, 11) is 2.75. The van der Waals surface area contributed by atoms with Gasteiger partial charge in [0.05, 0.1) is 32.7 Å². The van der Waals surface area contributed by atoms with Crippen LogP contribution in [0.5, 0.6) is 0 Å². The van der Waals surface area contributed by atoms with Gasteiger partial charge in [-0.2, -0.15) is 5.10 Å². The van der Waals surface area contributed by atoms with Crippen molar-refractivity contribution in [1.82, 2.24) is 10.3 Å². The lowest BCUT2D eigenvalue weighted by Gasteiger charge is -2.36. The van der Waals surface area contributed by atoms with Gasteiger partial charge in [0, 0.05) is 13.1 Å². The van der Waals surface area contributed by atoms with E-state index in [1.807, 2.05) is 20.8 Å². The van der Waals surface area contributed by atoms with Crippen molar-refractivity contribution in [3.8, 4) is 0 Å². The zero-order valence-corrected chi connectivity index (χ0v) is 18.5. The normalized spacial score (nSPS) is 21.1. The van der Waals surface area contributed by atoms with Gasteiger partial charge in [-0.25, -0.2) is 4.79 Å². The Morgan fingerprint density at radius 1 is 1.20 bits per heavy atom. The fourth-order valence-corrected chi connectivity index (χ4v) is 3.49. The predicted octanol–water partition coefficient (Wildman–Crippen LogP) is 2.51. The van der Waals surface area contributed by atoms with E-state index in [4.69, 9.17) is 14.2 Å². The van der Waals surface area contributed by atoms with Gasteiger partial charge < -0.3 is 19.1 Å². The van der Waals surface area contributed by atoms with Gasteiger partial charge in [0.2, 0.25) is 0 Å². The minimum atomic E-state index is -0.739.